The lowest BCUT2D eigenvalue weighted by Crippen LogP contribution is -2.27. The molecule has 0 amide bonds. The standard InChI is InChI=1S/C18H17F4NO/c19-14-3-1-2-12(11-6-8-23-9-7-11)13(14)10-24-18-16(21)5-4-15(20)17(18)22/h1-5,11,23H,6-10H2. The van der Waals surface area contributed by atoms with E-state index < -0.39 is 29.0 Å². The summed E-state index contributed by atoms with van der Waals surface area (Å²) in [5, 5.41) is 3.23. The molecule has 2 aromatic rings. The molecule has 24 heavy (non-hydrogen) atoms. The molecule has 1 aliphatic rings. The third-order valence-electron chi connectivity index (χ3n) is 4.30. The van der Waals surface area contributed by atoms with Crippen molar-refractivity contribution in [1.29, 1.82) is 0 Å². The van der Waals surface area contributed by atoms with Crippen molar-refractivity contribution in [3.8, 4) is 5.75 Å². The van der Waals surface area contributed by atoms with Gasteiger partial charge in [0.2, 0.25) is 5.82 Å². The van der Waals surface area contributed by atoms with E-state index in [0.717, 1.165) is 37.6 Å². The number of ether oxygens (including phenoxy) is 1. The van der Waals surface area contributed by atoms with Crippen LogP contribution in [-0.2, 0) is 6.61 Å². The van der Waals surface area contributed by atoms with Gasteiger partial charge < -0.3 is 10.1 Å². The van der Waals surface area contributed by atoms with Gasteiger partial charge in [-0.05, 0) is 55.6 Å². The summed E-state index contributed by atoms with van der Waals surface area (Å²) in [5.74, 6) is -4.80. The molecule has 1 fully saturated rings. The Kier molecular flexibility index (Phi) is 5.04. The zero-order valence-corrected chi connectivity index (χ0v) is 12.9. The molecule has 0 aliphatic carbocycles. The topological polar surface area (TPSA) is 21.3 Å². The summed E-state index contributed by atoms with van der Waals surface area (Å²) in [5.41, 5.74) is 1.03. The van der Waals surface area contributed by atoms with Gasteiger partial charge in [0.15, 0.2) is 17.4 Å². The Morgan fingerprint density at radius 3 is 2.38 bits per heavy atom. The van der Waals surface area contributed by atoms with E-state index in [1.165, 1.54) is 6.07 Å². The van der Waals surface area contributed by atoms with Crippen LogP contribution in [-0.4, -0.2) is 13.1 Å². The Morgan fingerprint density at radius 2 is 1.62 bits per heavy atom. The number of nitrogens with one attached hydrogen (secondary N) is 1. The van der Waals surface area contributed by atoms with Crippen molar-refractivity contribution in [2.45, 2.75) is 25.4 Å². The lowest BCUT2D eigenvalue weighted by Gasteiger charge is -2.25. The molecule has 1 saturated heterocycles. The predicted octanol–water partition coefficient (Wildman–Crippen LogP) is 4.29. The van der Waals surface area contributed by atoms with Crippen LogP contribution in [0.4, 0.5) is 17.6 Å². The average molecular weight is 339 g/mol. The lowest BCUT2D eigenvalue weighted by atomic mass is 9.87. The molecule has 3 rings (SSSR count). The van der Waals surface area contributed by atoms with Gasteiger partial charge in [0.05, 0.1) is 0 Å². The van der Waals surface area contributed by atoms with E-state index >= 15 is 0 Å². The highest BCUT2D eigenvalue weighted by Gasteiger charge is 2.22. The molecule has 0 spiro atoms. The fourth-order valence-electron chi connectivity index (χ4n) is 3.03. The molecule has 1 aliphatic heterocycles. The van der Waals surface area contributed by atoms with Gasteiger partial charge in [-0.2, -0.15) is 4.39 Å². The van der Waals surface area contributed by atoms with Crippen LogP contribution in [0.2, 0.25) is 0 Å². The molecule has 0 aromatic heterocycles. The number of hydrogen-bond donors (Lipinski definition) is 1. The molecule has 1 heterocycles. The second kappa shape index (κ2) is 7.21. The molecule has 6 heteroatoms. The van der Waals surface area contributed by atoms with Crippen LogP contribution < -0.4 is 10.1 Å². The number of piperidine rings is 1. The third-order valence-corrected chi connectivity index (χ3v) is 4.30. The third kappa shape index (κ3) is 3.38. The minimum atomic E-state index is -1.41. The smallest absolute Gasteiger partial charge is 0.203 e. The maximum absolute atomic E-state index is 14.2. The summed E-state index contributed by atoms with van der Waals surface area (Å²) in [6, 6.07) is 6.15. The summed E-state index contributed by atoms with van der Waals surface area (Å²) in [7, 11) is 0. The van der Waals surface area contributed by atoms with Crippen LogP contribution in [0.15, 0.2) is 30.3 Å². The lowest BCUT2D eigenvalue weighted by molar-refractivity contribution is 0.261. The van der Waals surface area contributed by atoms with Crippen LogP contribution in [0.25, 0.3) is 0 Å². The maximum Gasteiger partial charge on any atom is 0.203 e. The van der Waals surface area contributed by atoms with Gasteiger partial charge in [0.1, 0.15) is 12.4 Å². The second-order valence-electron chi connectivity index (χ2n) is 5.79. The van der Waals surface area contributed by atoms with Gasteiger partial charge in [-0.3, -0.25) is 0 Å². The minimum Gasteiger partial charge on any atom is -0.483 e. The zero-order valence-electron chi connectivity index (χ0n) is 12.9. The predicted molar refractivity (Wildman–Crippen MR) is 81.9 cm³/mol. The summed E-state index contributed by atoms with van der Waals surface area (Å²) in [6.07, 6.45) is 1.69. The molecule has 0 radical (unpaired) electrons. The highest BCUT2D eigenvalue weighted by atomic mass is 19.2. The largest absolute Gasteiger partial charge is 0.483 e. The Hall–Kier alpha value is -2.08. The number of halogens is 4. The highest BCUT2D eigenvalue weighted by Crippen LogP contribution is 2.31. The number of benzene rings is 2. The Bertz CT molecular complexity index is 729. The van der Waals surface area contributed by atoms with E-state index in [1.807, 2.05) is 0 Å². The van der Waals surface area contributed by atoms with Crippen molar-refractivity contribution in [3.05, 3.63) is 64.7 Å². The van der Waals surface area contributed by atoms with Crippen LogP contribution in [0.5, 0.6) is 5.75 Å². The molecular weight excluding hydrogens is 322 g/mol. The van der Waals surface area contributed by atoms with Gasteiger partial charge in [-0.15, -0.1) is 0 Å². The van der Waals surface area contributed by atoms with Gasteiger partial charge in [-0.1, -0.05) is 12.1 Å². The first-order chi connectivity index (χ1) is 11.6. The number of rotatable bonds is 4. The van der Waals surface area contributed by atoms with E-state index in [-0.39, 0.29) is 18.1 Å². The van der Waals surface area contributed by atoms with E-state index in [2.05, 4.69) is 5.32 Å². The summed E-state index contributed by atoms with van der Waals surface area (Å²) in [4.78, 5) is 0. The van der Waals surface area contributed by atoms with Crippen molar-refractivity contribution in [2.24, 2.45) is 0 Å². The van der Waals surface area contributed by atoms with Crippen molar-refractivity contribution in [1.82, 2.24) is 5.32 Å². The molecule has 0 saturated carbocycles. The quantitative estimate of drug-likeness (QED) is 0.663. The van der Waals surface area contributed by atoms with Gasteiger partial charge in [0.25, 0.3) is 0 Å². The molecule has 2 aromatic carbocycles. The number of hydrogen-bond acceptors (Lipinski definition) is 2. The fraction of sp³-hybridized carbons (Fsp3) is 0.333. The van der Waals surface area contributed by atoms with Crippen molar-refractivity contribution in [3.63, 3.8) is 0 Å². The van der Waals surface area contributed by atoms with E-state index in [4.69, 9.17) is 4.74 Å². The molecule has 0 bridgehead atoms. The summed E-state index contributed by atoms with van der Waals surface area (Å²) >= 11 is 0. The van der Waals surface area contributed by atoms with Crippen LogP contribution in [0.1, 0.15) is 29.9 Å². The molecular formula is C18H17F4NO. The first-order valence-electron chi connectivity index (χ1n) is 7.82. The molecule has 128 valence electrons. The maximum atomic E-state index is 14.2. The summed E-state index contributed by atoms with van der Waals surface area (Å²) in [6.45, 7) is 1.30. The van der Waals surface area contributed by atoms with E-state index in [1.54, 1.807) is 12.1 Å². The fourth-order valence-corrected chi connectivity index (χ4v) is 3.03. The minimum absolute atomic E-state index is 0.155. The SMILES string of the molecule is Fc1ccc(F)c(OCc2c(F)cccc2C2CCNCC2)c1F. The summed E-state index contributed by atoms with van der Waals surface area (Å²) < 4.78 is 59.9. The Balaban J connectivity index is 1.86. The van der Waals surface area contributed by atoms with Crippen molar-refractivity contribution >= 4 is 0 Å². The normalized spacial score (nSPS) is 15.5. The first kappa shape index (κ1) is 16.8. The molecule has 2 nitrogen and oxygen atoms in total. The average Bonchev–Trinajstić information content (AvgIpc) is 2.60. The monoisotopic (exact) mass is 339 g/mol. The Labute approximate surface area is 137 Å². The van der Waals surface area contributed by atoms with Gasteiger partial charge >= 0.3 is 0 Å². The Morgan fingerprint density at radius 1 is 0.917 bits per heavy atom. The van der Waals surface area contributed by atoms with Crippen molar-refractivity contribution in [2.75, 3.05) is 13.1 Å². The molecule has 0 unspecified atom stereocenters. The zero-order chi connectivity index (χ0) is 17.1. The first-order valence-corrected chi connectivity index (χ1v) is 7.82. The van der Waals surface area contributed by atoms with E-state index in [9.17, 15) is 17.6 Å². The van der Waals surface area contributed by atoms with Crippen LogP contribution in [0, 0.1) is 23.3 Å². The van der Waals surface area contributed by atoms with Gasteiger partial charge in [0, 0.05) is 5.56 Å². The highest BCUT2D eigenvalue weighted by molar-refractivity contribution is 5.33. The van der Waals surface area contributed by atoms with Crippen LogP contribution in [0.3, 0.4) is 0 Å². The van der Waals surface area contributed by atoms with Crippen LogP contribution >= 0.6 is 0 Å². The van der Waals surface area contributed by atoms with E-state index in [0.29, 0.717) is 6.07 Å². The van der Waals surface area contributed by atoms with Crippen molar-refractivity contribution < 1.29 is 22.3 Å². The molecule has 1 N–H and O–H groups in total. The molecule has 0 atom stereocenters. The van der Waals surface area contributed by atoms with Gasteiger partial charge in [-0.25, -0.2) is 13.2 Å². The second-order valence-corrected chi connectivity index (χ2v) is 5.79.